The smallest absolute Gasteiger partial charge is 0.242 e. The second-order valence-corrected chi connectivity index (χ2v) is 5.46. The molecule has 3 rings (SSSR count). The molecule has 0 radical (unpaired) electrons. The van der Waals surface area contributed by atoms with Crippen LogP contribution in [0.1, 0.15) is 25.3 Å². The molecular formula is C15H18N2O4. The Kier molecular flexibility index (Phi) is 3.68. The first-order valence-corrected chi connectivity index (χ1v) is 7.10. The van der Waals surface area contributed by atoms with E-state index >= 15 is 0 Å². The molecule has 2 amide bonds. The van der Waals surface area contributed by atoms with Gasteiger partial charge in [-0.15, -0.1) is 0 Å². The molecule has 6 heteroatoms. The number of carbonyl (C=O) groups is 2. The molecule has 0 aliphatic carbocycles. The molecule has 2 N–H and O–H groups in total. The zero-order valence-corrected chi connectivity index (χ0v) is 11.8. The molecule has 2 unspecified atom stereocenters. The van der Waals surface area contributed by atoms with Crippen molar-refractivity contribution in [2.24, 2.45) is 0 Å². The predicted octanol–water partition coefficient (Wildman–Crippen LogP) is 0.741. The zero-order chi connectivity index (χ0) is 14.8. The Morgan fingerprint density at radius 2 is 2.24 bits per heavy atom. The number of rotatable bonds is 4. The van der Waals surface area contributed by atoms with Crippen LogP contribution in [0.4, 0.5) is 0 Å². The third-order valence-corrected chi connectivity index (χ3v) is 3.68. The maximum Gasteiger partial charge on any atom is 0.242 e. The van der Waals surface area contributed by atoms with Crippen molar-refractivity contribution in [1.82, 2.24) is 10.6 Å². The van der Waals surface area contributed by atoms with Crippen molar-refractivity contribution in [3.63, 3.8) is 0 Å². The zero-order valence-electron chi connectivity index (χ0n) is 11.8. The van der Waals surface area contributed by atoms with Crippen LogP contribution in [0.5, 0.6) is 11.5 Å². The number of benzene rings is 1. The van der Waals surface area contributed by atoms with Gasteiger partial charge in [0, 0.05) is 12.5 Å². The lowest BCUT2D eigenvalue weighted by Crippen LogP contribution is -2.45. The van der Waals surface area contributed by atoms with Crippen molar-refractivity contribution in [2.45, 2.75) is 38.3 Å². The van der Waals surface area contributed by atoms with Crippen LogP contribution in [0.3, 0.4) is 0 Å². The molecule has 2 aliphatic rings. The molecule has 1 aromatic carbocycles. The van der Waals surface area contributed by atoms with E-state index in [1.807, 2.05) is 25.1 Å². The van der Waals surface area contributed by atoms with E-state index in [0.29, 0.717) is 19.3 Å². The highest BCUT2D eigenvalue weighted by atomic mass is 16.7. The molecule has 6 nitrogen and oxygen atoms in total. The third kappa shape index (κ3) is 3.09. The average Bonchev–Trinajstić information content (AvgIpc) is 3.06. The Labute approximate surface area is 122 Å². The maximum absolute atomic E-state index is 12.0. The van der Waals surface area contributed by atoms with E-state index in [1.165, 1.54) is 0 Å². The molecule has 0 saturated carbocycles. The SMILES string of the molecule is CC(Cc1ccc2c(c1)OCO2)NC(=O)C1CCC(=O)N1. The third-order valence-electron chi connectivity index (χ3n) is 3.68. The van der Waals surface area contributed by atoms with Crippen LogP contribution in [0.15, 0.2) is 18.2 Å². The Hall–Kier alpha value is -2.24. The Morgan fingerprint density at radius 1 is 1.43 bits per heavy atom. The molecule has 21 heavy (non-hydrogen) atoms. The highest BCUT2D eigenvalue weighted by Gasteiger charge is 2.27. The predicted molar refractivity (Wildman–Crippen MR) is 75.0 cm³/mol. The fourth-order valence-electron chi connectivity index (χ4n) is 2.63. The van der Waals surface area contributed by atoms with Crippen LogP contribution in [-0.4, -0.2) is 30.7 Å². The number of carbonyl (C=O) groups excluding carboxylic acids is 2. The minimum absolute atomic E-state index is 0.0182. The Bertz CT molecular complexity index is 573. The van der Waals surface area contributed by atoms with E-state index in [4.69, 9.17) is 9.47 Å². The minimum atomic E-state index is -0.392. The molecule has 0 aromatic heterocycles. The Balaban J connectivity index is 1.55. The van der Waals surface area contributed by atoms with Crippen molar-refractivity contribution in [2.75, 3.05) is 6.79 Å². The number of ether oxygens (including phenoxy) is 2. The van der Waals surface area contributed by atoms with E-state index in [-0.39, 0.29) is 24.6 Å². The molecule has 0 bridgehead atoms. The quantitative estimate of drug-likeness (QED) is 0.857. The number of hydrogen-bond acceptors (Lipinski definition) is 4. The summed E-state index contributed by atoms with van der Waals surface area (Å²) in [6.45, 7) is 2.20. The van der Waals surface area contributed by atoms with E-state index in [9.17, 15) is 9.59 Å². The second kappa shape index (κ2) is 5.63. The molecule has 112 valence electrons. The summed E-state index contributed by atoms with van der Waals surface area (Å²) in [5, 5.41) is 5.60. The molecule has 2 aliphatic heterocycles. The van der Waals surface area contributed by atoms with Crippen LogP contribution < -0.4 is 20.1 Å². The first kappa shape index (κ1) is 13.7. The molecule has 1 fully saturated rings. The first-order valence-electron chi connectivity index (χ1n) is 7.10. The van der Waals surface area contributed by atoms with Gasteiger partial charge in [0.1, 0.15) is 6.04 Å². The minimum Gasteiger partial charge on any atom is -0.454 e. The van der Waals surface area contributed by atoms with Crippen molar-refractivity contribution in [3.05, 3.63) is 23.8 Å². The van der Waals surface area contributed by atoms with Gasteiger partial charge in [0.15, 0.2) is 11.5 Å². The largest absolute Gasteiger partial charge is 0.454 e. The van der Waals surface area contributed by atoms with Crippen LogP contribution in [-0.2, 0) is 16.0 Å². The number of amides is 2. The molecule has 0 spiro atoms. The topological polar surface area (TPSA) is 76.7 Å². The monoisotopic (exact) mass is 290 g/mol. The fraction of sp³-hybridized carbons (Fsp3) is 0.467. The van der Waals surface area contributed by atoms with Gasteiger partial charge < -0.3 is 20.1 Å². The van der Waals surface area contributed by atoms with Crippen molar-refractivity contribution >= 4 is 11.8 Å². The van der Waals surface area contributed by atoms with Crippen molar-refractivity contribution in [3.8, 4) is 11.5 Å². The standard InChI is InChI=1S/C15H18N2O4/c1-9(16-15(19)11-3-5-14(18)17-11)6-10-2-4-12-13(7-10)21-8-20-12/h2,4,7,9,11H,3,5-6,8H2,1H3,(H,16,19)(H,17,18). The van der Waals surface area contributed by atoms with Gasteiger partial charge in [0.2, 0.25) is 18.6 Å². The van der Waals surface area contributed by atoms with Gasteiger partial charge in [-0.2, -0.15) is 0 Å². The molecule has 2 atom stereocenters. The Morgan fingerprint density at radius 3 is 3.00 bits per heavy atom. The van der Waals surface area contributed by atoms with Gasteiger partial charge in [0.25, 0.3) is 0 Å². The first-order chi connectivity index (χ1) is 10.1. The summed E-state index contributed by atoms with van der Waals surface area (Å²) in [7, 11) is 0. The van der Waals surface area contributed by atoms with E-state index < -0.39 is 6.04 Å². The van der Waals surface area contributed by atoms with Gasteiger partial charge in [-0.25, -0.2) is 0 Å². The number of fused-ring (bicyclic) bond motifs is 1. The van der Waals surface area contributed by atoms with Crippen molar-refractivity contribution in [1.29, 1.82) is 0 Å². The summed E-state index contributed by atoms with van der Waals surface area (Å²) in [6, 6.07) is 5.37. The summed E-state index contributed by atoms with van der Waals surface area (Å²) >= 11 is 0. The van der Waals surface area contributed by atoms with Gasteiger partial charge in [-0.1, -0.05) is 6.07 Å². The van der Waals surface area contributed by atoms with Crippen LogP contribution >= 0.6 is 0 Å². The van der Waals surface area contributed by atoms with E-state index in [1.54, 1.807) is 0 Å². The average molecular weight is 290 g/mol. The van der Waals surface area contributed by atoms with E-state index in [2.05, 4.69) is 10.6 Å². The summed E-state index contributed by atoms with van der Waals surface area (Å²) in [5.41, 5.74) is 1.07. The lowest BCUT2D eigenvalue weighted by molar-refractivity contribution is -0.126. The molecular weight excluding hydrogens is 272 g/mol. The summed E-state index contributed by atoms with van der Waals surface area (Å²) in [6.07, 6.45) is 1.69. The summed E-state index contributed by atoms with van der Waals surface area (Å²) in [4.78, 5) is 23.1. The highest BCUT2D eigenvalue weighted by Crippen LogP contribution is 2.32. The highest BCUT2D eigenvalue weighted by molar-refractivity contribution is 5.90. The molecule has 2 heterocycles. The van der Waals surface area contributed by atoms with Crippen molar-refractivity contribution < 1.29 is 19.1 Å². The lowest BCUT2D eigenvalue weighted by Gasteiger charge is -2.17. The molecule has 1 aromatic rings. The van der Waals surface area contributed by atoms with Gasteiger partial charge >= 0.3 is 0 Å². The normalized spacial score (nSPS) is 21.0. The number of hydrogen-bond donors (Lipinski definition) is 2. The fourth-order valence-corrected chi connectivity index (χ4v) is 2.63. The van der Waals surface area contributed by atoms with Gasteiger partial charge in [0.05, 0.1) is 0 Å². The van der Waals surface area contributed by atoms with Crippen LogP contribution in [0, 0.1) is 0 Å². The number of nitrogens with one attached hydrogen (secondary N) is 2. The van der Waals surface area contributed by atoms with Gasteiger partial charge in [-0.05, 0) is 37.5 Å². The van der Waals surface area contributed by atoms with Crippen LogP contribution in [0.2, 0.25) is 0 Å². The van der Waals surface area contributed by atoms with Gasteiger partial charge in [-0.3, -0.25) is 9.59 Å². The maximum atomic E-state index is 12.0. The van der Waals surface area contributed by atoms with E-state index in [0.717, 1.165) is 17.1 Å². The second-order valence-electron chi connectivity index (χ2n) is 5.46. The molecule has 1 saturated heterocycles. The van der Waals surface area contributed by atoms with Crippen LogP contribution in [0.25, 0.3) is 0 Å². The lowest BCUT2D eigenvalue weighted by atomic mass is 10.1. The summed E-state index contributed by atoms with van der Waals surface area (Å²) < 4.78 is 10.6. The summed E-state index contributed by atoms with van der Waals surface area (Å²) in [5.74, 6) is 1.32.